The highest BCUT2D eigenvalue weighted by atomic mass is 31.2. The molecule has 0 heterocycles. The fourth-order valence-corrected chi connectivity index (χ4v) is 9.63. The molecule has 0 aliphatic rings. The van der Waals surface area contributed by atoms with Gasteiger partial charge in [-0.15, -0.1) is 0 Å². The van der Waals surface area contributed by atoms with Gasteiger partial charge in [-0.2, -0.15) is 0 Å². The van der Waals surface area contributed by atoms with Crippen molar-refractivity contribution < 1.29 is 42.1 Å². The number of ether oxygens (including phenoxy) is 2. The van der Waals surface area contributed by atoms with Gasteiger partial charge in [-0.1, -0.05) is 291 Å². The summed E-state index contributed by atoms with van der Waals surface area (Å²) in [5.41, 5.74) is 0. The highest BCUT2D eigenvalue weighted by molar-refractivity contribution is 7.45. The Morgan fingerprint density at radius 2 is 0.587 bits per heavy atom. The molecule has 0 radical (unpaired) electrons. The zero-order valence-electron chi connectivity index (χ0n) is 58.7. The Morgan fingerprint density at radius 1 is 0.337 bits per heavy atom. The fraction of sp³-hybridized carbons (Fsp3) is 0.561. The molecule has 0 rings (SSSR count). The second-order valence-electron chi connectivity index (χ2n) is 24.1. The first kappa shape index (κ1) is 86.6. The van der Waals surface area contributed by atoms with Crippen LogP contribution < -0.4 is 4.89 Å². The molecule has 9 nitrogen and oxygen atoms in total. The summed E-state index contributed by atoms with van der Waals surface area (Å²) in [5.74, 6) is -0.872. The van der Waals surface area contributed by atoms with Gasteiger partial charge in [0.25, 0.3) is 7.82 Å². The van der Waals surface area contributed by atoms with Crippen LogP contribution in [0.25, 0.3) is 0 Å². The number of quaternary nitrogens is 1. The van der Waals surface area contributed by atoms with Gasteiger partial charge in [-0.05, 0) is 148 Å². The number of hydrogen-bond acceptors (Lipinski definition) is 8. The van der Waals surface area contributed by atoms with Crippen LogP contribution in [-0.4, -0.2) is 70.0 Å². The van der Waals surface area contributed by atoms with E-state index in [1.54, 1.807) is 0 Å². The summed E-state index contributed by atoms with van der Waals surface area (Å²) in [6, 6.07) is 0. The van der Waals surface area contributed by atoms with Crippen molar-refractivity contribution in [1.82, 2.24) is 0 Å². The molecule has 2 atom stereocenters. The van der Waals surface area contributed by atoms with Gasteiger partial charge in [-0.3, -0.25) is 14.2 Å². The average molecular weight is 1290 g/mol. The number of nitrogens with zero attached hydrogens (tertiary/aromatic N) is 1. The van der Waals surface area contributed by atoms with Crippen molar-refractivity contribution in [3.8, 4) is 0 Å². The maximum Gasteiger partial charge on any atom is 0.306 e. The van der Waals surface area contributed by atoms with Crippen LogP contribution in [0.3, 0.4) is 0 Å². The van der Waals surface area contributed by atoms with Crippen molar-refractivity contribution in [1.29, 1.82) is 0 Å². The molecule has 92 heavy (non-hydrogen) atoms. The number of phosphoric ester groups is 1. The quantitative estimate of drug-likeness (QED) is 0.0195. The normalized spacial score (nSPS) is 14.4. The number of hydrogen-bond donors (Lipinski definition) is 0. The Morgan fingerprint density at radius 3 is 0.870 bits per heavy atom. The lowest BCUT2D eigenvalue weighted by molar-refractivity contribution is -0.870. The zero-order chi connectivity index (χ0) is 66.9. The van der Waals surface area contributed by atoms with Crippen LogP contribution in [0.15, 0.2) is 207 Å². The van der Waals surface area contributed by atoms with E-state index in [4.69, 9.17) is 18.5 Å². The Bertz CT molecular complexity index is 2310. The highest BCUT2D eigenvalue weighted by Crippen LogP contribution is 2.38. The van der Waals surface area contributed by atoms with E-state index in [2.05, 4.69) is 220 Å². The highest BCUT2D eigenvalue weighted by Gasteiger charge is 2.22. The summed E-state index contributed by atoms with van der Waals surface area (Å²) in [6.07, 6.45) is 110. The second-order valence-corrected chi connectivity index (χ2v) is 25.5. The van der Waals surface area contributed by atoms with Crippen molar-refractivity contribution in [3.05, 3.63) is 207 Å². The Hall–Kier alpha value is -5.41. The first-order valence-electron chi connectivity index (χ1n) is 35.8. The number of esters is 2. The minimum absolute atomic E-state index is 0.0467. The van der Waals surface area contributed by atoms with Gasteiger partial charge in [0.1, 0.15) is 19.8 Å². The van der Waals surface area contributed by atoms with Crippen LogP contribution in [0.1, 0.15) is 245 Å². The number of carbonyl (C=O) groups is 2. The topological polar surface area (TPSA) is 111 Å². The summed E-state index contributed by atoms with van der Waals surface area (Å²) in [5, 5.41) is 0. The molecule has 516 valence electrons. The molecule has 0 N–H and O–H groups in total. The van der Waals surface area contributed by atoms with Crippen molar-refractivity contribution in [2.75, 3.05) is 47.5 Å². The van der Waals surface area contributed by atoms with Gasteiger partial charge in [-0.25, -0.2) is 0 Å². The molecule has 0 amide bonds. The monoisotopic (exact) mass is 1290 g/mol. The standard InChI is InChI=1S/C82H130NO8P/c1-6-8-10-12-14-16-18-20-22-24-26-28-30-32-34-36-38-39-40-41-42-43-45-47-49-51-53-55-57-59-61-63-65-67-69-71-73-75-82(85)91-80(79-90-92(86,87)89-77-76-83(3,4)5)78-88-81(84)74-72-70-68-66-64-62-60-58-56-54-52-50-48-46-44-37-35-33-31-29-27-25-23-21-19-17-15-13-11-9-7-2/h8-11,14-17,20-23,26-29,32-35,38-39,41-42,44-47,50-53,57,59,80H,6-7,12-13,18-19,24-25,30-31,36-37,40,43,48-49,54-56,58,60-79H2,1-5H3/b10-8-,11-9-,16-14-,17-15-,22-20-,23-21-,28-26-,29-27-,34-32-,35-33-,39-38-,42-41-,46-44-,47-45-,52-50-,53-51-,59-57-. The third kappa shape index (κ3) is 73.6. The van der Waals surface area contributed by atoms with Crippen molar-refractivity contribution in [3.63, 3.8) is 0 Å². The number of rotatable bonds is 63. The number of phosphoric acid groups is 1. The van der Waals surface area contributed by atoms with Crippen molar-refractivity contribution >= 4 is 19.8 Å². The lowest BCUT2D eigenvalue weighted by Gasteiger charge is -2.28. The molecule has 0 aliphatic carbocycles. The van der Waals surface area contributed by atoms with Crippen LogP contribution in [0.2, 0.25) is 0 Å². The van der Waals surface area contributed by atoms with Crippen LogP contribution in [0, 0.1) is 0 Å². The molecular formula is C82H130NO8P. The predicted octanol–water partition coefficient (Wildman–Crippen LogP) is 23.2. The molecule has 0 saturated heterocycles. The maximum absolute atomic E-state index is 12.9. The molecule has 10 heteroatoms. The number of carbonyl (C=O) groups excluding carboxylic acids is 2. The fourth-order valence-electron chi connectivity index (χ4n) is 8.90. The Labute approximate surface area is 564 Å². The minimum Gasteiger partial charge on any atom is -0.756 e. The number of likely N-dealkylation sites (N-methyl/N-ethyl adjacent to an activating group) is 1. The molecule has 0 fully saturated rings. The molecule has 0 aromatic heterocycles. The number of unbranched alkanes of at least 4 members (excludes halogenated alkanes) is 15. The van der Waals surface area contributed by atoms with Crippen molar-refractivity contribution in [2.45, 2.75) is 251 Å². The molecule has 0 bridgehead atoms. The predicted molar refractivity (Wildman–Crippen MR) is 396 cm³/mol. The zero-order valence-corrected chi connectivity index (χ0v) is 59.5. The van der Waals surface area contributed by atoms with E-state index in [1.165, 1.54) is 32.1 Å². The van der Waals surface area contributed by atoms with E-state index in [0.717, 1.165) is 173 Å². The Kier molecular flexibility index (Phi) is 65.8. The Balaban J connectivity index is 4.19. The van der Waals surface area contributed by atoms with Gasteiger partial charge >= 0.3 is 11.9 Å². The summed E-state index contributed by atoms with van der Waals surface area (Å²) in [4.78, 5) is 38.1. The molecular weight excluding hydrogens is 1160 g/mol. The van der Waals surface area contributed by atoms with Gasteiger partial charge in [0.15, 0.2) is 6.10 Å². The molecule has 2 unspecified atom stereocenters. The second kappa shape index (κ2) is 69.9. The SMILES string of the molecule is CC/C=C\C/C=C\C/C=C\C/C=C\C/C=C\C/C=C\C/C=C\C/C=C\C/C=C\C/C=C\CCCCCCCCC(=O)OC(COC(=O)CCCCCCCCCCC/C=C\C/C=C\C/C=C\C/C=C\C/C=C\C/C=C\C/C=C\CC)COP(=O)([O-])OCC[N+](C)(C)C. The van der Waals surface area contributed by atoms with Crippen molar-refractivity contribution in [2.24, 2.45) is 0 Å². The largest absolute Gasteiger partial charge is 0.756 e. The van der Waals surface area contributed by atoms with Gasteiger partial charge in [0.2, 0.25) is 0 Å². The molecule has 0 aliphatic heterocycles. The molecule has 0 aromatic carbocycles. The summed E-state index contributed by atoms with van der Waals surface area (Å²) >= 11 is 0. The average Bonchev–Trinajstić information content (AvgIpc) is 2.34. The van der Waals surface area contributed by atoms with Gasteiger partial charge in [0, 0.05) is 12.8 Å². The summed E-state index contributed by atoms with van der Waals surface area (Å²) < 4.78 is 34.3. The van der Waals surface area contributed by atoms with E-state index in [-0.39, 0.29) is 26.1 Å². The lowest BCUT2D eigenvalue weighted by atomic mass is 10.1. The first-order chi connectivity index (χ1) is 45.0. The molecule has 0 aromatic rings. The lowest BCUT2D eigenvalue weighted by Crippen LogP contribution is -2.37. The van der Waals surface area contributed by atoms with E-state index in [1.807, 2.05) is 21.1 Å². The van der Waals surface area contributed by atoms with Crippen LogP contribution in [0.4, 0.5) is 0 Å². The van der Waals surface area contributed by atoms with E-state index >= 15 is 0 Å². The number of allylic oxidation sites excluding steroid dienone is 34. The summed E-state index contributed by atoms with van der Waals surface area (Å²) in [7, 11) is 1.12. The smallest absolute Gasteiger partial charge is 0.306 e. The van der Waals surface area contributed by atoms with E-state index < -0.39 is 32.5 Å². The first-order valence-corrected chi connectivity index (χ1v) is 37.3. The van der Waals surface area contributed by atoms with Crippen LogP contribution >= 0.6 is 7.82 Å². The maximum atomic E-state index is 12.9. The van der Waals surface area contributed by atoms with Crippen LogP contribution in [-0.2, 0) is 32.7 Å². The van der Waals surface area contributed by atoms with Gasteiger partial charge < -0.3 is 27.9 Å². The third-order valence-electron chi connectivity index (χ3n) is 14.3. The molecule has 0 saturated carbocycles. The summed E-state index contributed by atoms with van der Waals surface area (Å²) in [6.45, 7) is 3.96. The van der Waals surface area contributed by atoms with E-state index in [0.29, 0.717) is 23.9 Å². The van der Waals surface area contributed by atoms with Gasteiger partial charge in [0.05, 0.1) is 27.7 Å². The minimum atomic E-state index is -4.67. The third-order valence-corrected chi connectivity index (χ3v) is 15.3. The van der Waals surface area contributed by atoms with E-state index in [9.17, 15) is 19.0 Å². The molecule has 0 spiro atoms. The van der Waals surface area contributed by atoms with Crippen LogP contribution in [0.5, 0.6) is 0 Å².